The summed E-state index contributed by atoms with van der Waals surface area (Å²) in [5.41, 5.74) is 3.10. The van der Waals surface area contributed by atoms with Gasteiger partial charge >= 0.3 is 0 Å². The topological polar surface area (TPSA) is 32.3 Å². The zero-order valence-corrected chi connectivity index (χ0v) is 6.92. The molecule has 1 aromatic carbocycles. The Kier molecular flexibility index (Phi) is 3.19. The third-order valence-corrected chi connectivity index (χ3v) is 1.84. The van der Waals surface area contributed by atoms with Crippen LogP contribution in [0.4, 0.5) is 4.39 Å². The molecule has 2 nitrogen and oxygen atoms in total. The highest BCUT2D eigenvalue weighted by molar-refractivity contribution is 5.19. The van der Waals surface area contributed by atoms with Crippen LogP contribution in [0.25, 0.3) is 0 Å². The number of hydrogen-bond acceptors (Lipinski definition) is 2. The van der Waals surface area contributed by atoms with Gasteiger partial charge in [-0.05, 0) is 23.6 Å². The lowest BCUT2D eigenvalue weighted by Gasteiger charge is -2.09. The molecule has 0 aliphatic rings. The molecule has 2 N–H and O–H groups in total. The number of hydrogen-bond donors (Lipinski definition) is 2. The third kappa shape index (κ3) is 2.29. The lowest BCUT2D eigenvalue weighted by Crippen LogP contribution is -2.15. The molecule has 1 atom stereocenters. The minimum absolute atomic E-state index is 0.190. The second-order valence-corrected chi connectivity index (χ2v) is 2.81. The molecule has 66 valence electrons. The molecule has 1 rings (SSSR count). The molecular weight excluding hydrogens is 157 g/mol. The minimum Gasteiger partial charge on any atom is -0.317 e. The van der Waals surface area contributed by atoms with Gasteiger partial charge in [-0.3, -0.25) is 0 Å². The number of rotatable bonds is 3. The molecule has 0 amide bonds. The van der Waals surface area contributed by atoms with Gasteiger partial charge < -0.3 is 5.21 Å². The van der Waals surface area contributed by atoms with Crippen LogP contribution in [-0.4, -0.2) is 11.8 Å². The molecule has 1 aromatic rings. The zero-order valence-electron chi connectivity index (χ0n) is 6.92. The molecule has 0 spiro atoms. The van der Waals surface area contributed by atoms with E-state index in [1.807, 2.05) is 6.92 Å². The predicted molar refractivity (Wildman–Crippen MR) is 44.6 cm³/mol. The second kappa shape index (κ2) is 4.18. The normalized spacial score (nSPS) is 12.9. The smallest absolute Gasteiger partial charge is 0.123 e. The van der Waals surface area contributed by atoms with Crippen molar-refractivity contribution in [3.05, 3.63) is 35.6 Å². The van der Waals surface area contributed by atoms with Gasteiger partial charge in [-0.1, -0.05) is 19.1 Å². The molecule has 0 bridgehead atoms. The first-order valence-corrected chi connectivity index (χ1v) is 3.86. The summed E-state index contributed by atoms with van der Waals surface area (Å²) in [7, 11) is 0. The summed E-state index contributed by atoms with van der Waals surface area (Å²) in [6.45, 7) is 2.43. The highest BCUT2D eigenvalue weighted by Crippen LogP contribution is 2.13. The number of benzene rings is 1. The fourth-order valence-corrected chi connectivity index (χ4v) is 1.05. The van der Waals surface area contributed by atoms with E-state index in [4.69, 9.17) is 5.21 Å². The first-order chi connectivity index (χ1) is 5.74. The van der Waals surface area contributed by atoms with E-state index in [2.05, 4.69) is 5.48 Å². The molecule has 12 heavy (non-hydrogen) atoms. The molecule has 0 saturated carbocycles. The van der Waals surface area contributed by atoms with Crippen molar-refractivity contribution in [3.63, 3.8) is 0 Å². The maximum absolute atomic E-state index is 12.5. The van der Waals surface area contributed by atoms with E-state index in [0.717, 1.165) is 5.56 Å². The van der Waals surface area contributed by atoms with Gasteiger partial charge in [0.15, 0.2) is 0 Å². The van der Waals surface area contributed by atoms with E-state index in [9.17, 15) is 4.39 Å². The van der Waals surface area contributed by atoms with Gasteiger partial charge in [-0.2, -0.15) is 0 Å². The fourth-order valence-electron chi connectivity index (χ4n) is 1.05. The van der Waals surface area contributed by atoms with Gasteiger partial charge in [0.05, 0.1) is 0 Å². The van der Waals surface area contributed by atoms with Gasteiger partial charge in [0.25, 0.3) is 0 Å². The Bertz CT molecular complexity index is 235. The van der Waals surface area contributed by atoms with Crippen LogP contribution < -0.4 is 5.48 Å². The first kappa shape index (κ1) is 9.16. The van der Waals surface area contributed by atoms with Crippen molar-refractivity contribution in [1.82, 2.24) is 5.48 Å². The summed E-state index contributed by atoms with van der Waals surface area (Å²) in [6.07, 6.45) is 0. The SMILES string of the molecule is CC(CNO)c1ccc(F)cc1. The van der Waals surface area contributed by atoms with Crippen LogP contribution in [0.2, 0.25) is 0 Å². The van der Waals surface area contributed by atoms with E-state index >= 15 is 0 Å². The van der Waals surface area contributed by atoms with Crippen molar-refractivity contribution in [2.24, 2.45) is 0 Å². The van der Waals surface area contributed by atoms with Gasteiger partial charge in [0.2, 0.25) is 0 Å². The Morgan fingerprint density at radius 1 is 1.42 bits per heavy atom. The third-order valence-electron chi connectivity index (χ3n) is 1.84. The van der Waals surface area contributed by atoms with Crippen LogP contribution >= 0.6 is 0 Å². The van der Waals surface area contributed by atoms with Gasteiger partial charge in [0, 0.05) is 6.54 Å². The van der Waals surface area contributed by atoms with Crippen LogP contribution in [0, 0.1) is 5.82 Å². The van der Waals surface area contributed by atoms with E-state index in [0.29, 0.717) is 6.54 Å². The van der Waals surface area contributed by atoms with Crippen molar-refractivity contribution in [1.29, 1.82) is 0 Å². The van der Waals surface area contributed by atoms with Crippen LogP contribution in [0.5, 0.6) is 0 Å². The highest BCUT2D eigenvalue weighted by atomic mass is 19.1. The van der Waals surface area contributed by atoms with Crippen molar-refractivity contribution in [2.45, 2.75) is 12.8 Å². The Labute approximate surface area is 71.0 Å². The summed E-state index contributed by atoms with van der Waals surface area (Å²) in [6, 6.07) is 6.28. The summed E-state index contributed by atoms with van der Waals surface area (Å²) in [5.74, 6) is -0.0430. The molecule has 0 saturated heterocycles. The summed E-state index contributed by atoms with van der Waals surface area (Å²) in [4.78, 5) is 0. The lowest BCUT2D eigenvalue weighted by atomic mass is 10.0. The minimum atomic E-state index is -0.233. The number of nitrogens with one attached hydrogen (secondary N) is 1. The fraction of sp³-hybridized carbons (Fsp3) is 0.333. The van der Waals surface area contributed by atoms with Gasteiger partial charge in [0.1, 0.15) is 5.82 Å². The van der Waals surface area contributed by atoms with E-state index in [1.165, 1.54) is 12.1 Å². The van der Waals surface area contributed by atoms with E-state index < -0.39 is 0 Å². The van der Waals surface area contributed by atoms with Crippen molar-refractivity contribution in [3.8, 4) is 0 Å². The Hall–Kier alpha value is -0.930. The Balaban J connectivity index is 2.68. The molecule has 0 aliphatic carbocycles. The standard InChI is InChI=1S/C9H12FNO/c1-7(6-11-12)8-2-4-9(10)5-3-8/h2-5,7,11-12H,6H2,1H3. The maximum atomic E-state index is 12.5. The maximum Gasteiger partial charge on any atom is 0.123 e. The zero-order chi connectivity index (χ0) is 8.97. The number of hydroxylamine groups is 1. The van der Waals surface area contributed by atoms with Crippen LogP contribution in [0.3, 0.4) is 0 Å². The van der Waals surface area contributed by atoms with E-state index in [-0.39, 0.29) is 11.7 Å². The Morgan fingerprint density at radius 2 is 2.00 bits per heavy atom. The Morgan fingerprint density at radius 3 is 2.50 bits per heavy atom. The number of halogens is 1. The summed E-state index contributed by atoms with van der Waals surface area (Å²) in [5, 5.41) is 8.43. The largest absolute Gasteiger partial charge is 0.317 e. The lowest BCUT2D eigenvalue weighted by molar-refractivity contribution is 0.161. The molecular formula is C9H12FNO. The van der Waals surface area contributed by atoms with Gasteiger partial charge in [-0.25, -0.2) is 9.87 Å². The molecule has 0 fully saturated rings. The van der Waals surface area contributed by atoms with Crippen LogP contribution in [-0.2, 0) is 0 Å². The van der Waals surface area contributed by atoms with Crippen LogP contribution in [0.1, 0.15) is 18.4 Å². The predicted octanol–water partition coefficient (Wildman–Crippen LogP) is 1.91. The first-order valence-electron chi connectivity index (χ1n) is 3.86. The molecule has 0 radical (unpaired) electrons. The average molecular weight is 169 g/mol. The summed E-state index contributed by atoms with van der Waals surface area (Å²) >= 11 is 0. The molecule has 1 unspecified atom stereocenters. The highest BCUT2D eigenvalue weighted by Gasteiger charge is 2.03. The van der Waals surface area contributed by atoms with Crippen molar-refractivity contribution in [2.75, 3.05) is 6.54 Å². The van der Waals surface area contributed by atoms with Crippen molar-refractivity contribution < 1.29 is 9.60 Å². The quantitative estimate of drug-likeness (QED) is 0.677. The second-order valence-electron chi connectivity index (χ2n) is 2.81. The monoisotopic (exact) mass is 169 g/mol. The average Bonchev–Trinajstić information content (AvgIpc) is 2.06. The molecule has 3 heteroatoms. The van der Waals surface area contributed by atoms with Crippen LogP contribution in [0.15, 0.2) is 24.3 Å². The summed E-state index contributed by atoms with van der Waals surface area (Å²) < 4.78 is 12.5. The molecule has 0 heterocycles. The van der Waals surface area contributed by atoms with E-state index in [1.54, 1.807) is 12.1 Å². The molecule has 0 aliphatic heterocycles. The van der Waals surface area contributed by atoms with Crippen molar-refractivity contribution >= 4 is 0 Å². The van der Waals surface area contributed by atoms with Gasteiger partial charge in [-0.15, -0.1) is 0 Å². The molecule has 0 aromatic heterocycles.